The van der Waals surface area contributed by atoms with Gasteiger partial charge < -0.3 is 10.1 Å². The number of methoxy groups -OCH3 is 1. The molecule has 0 aliphatic rings. The van der Waals surface area contributed by atoms with E-state index in [-0.39, 0.29) is 18.4 Å². The number of amides is 1. The van der Waals surface area contributed by atoms with Gasteiger partial charge in [-0.1, -0.05) is 29.8 Å². The molecule has 100 valence electrons. The van der Waals surface area contributed by atoms with E-state index in [4.69, 9.17) is 27.9 Å². The van der Waals surface area contributed by atoms with E-state index in [1.807, 2.05) is 18.2 Å². The summed E-state index contributed by atoms with van der Waals surface area (Å²) in [6.45, 7) is 0.573. The molecule has 0 aromatic heterocycles. The lowest BCUT2D eigenvalue weighted by molar-refractivity contribution is -0.121. The molecule has 0 spiro atoms. The lowest BCUT2D eigenvalue weighted by Gasteiger charge is -2.15. The fourth-order valence-corrected chi connectivity index (χ4v) is 1.98. The normalized spacial score (nSPS) is 12.2. The number of carbonyl (C=O) groups excluding carboxylic acids is 1. The standard InChI is InChI=1S/C13H17Cl2NO2/c1-18-7-6-11(9-14)16-13(17)8-10-4-2-3-5-12(10)15/h2-5,11H,6-9H2,1H3,(H,16,17). The van der Waals surface area contributed by atoms with Crippen LogP contribution in [-0.4, -0.2) is 31.5 Å². The zero-order valence-corrected chi connectivity index (χ0v) is 11.8. The number of hydrogen-bond acceptors (Lipinski definition) is 2. The molecule has 1 aromatic carbocycles. The Morgan fingerprint density at radius 1 is 1.44 bits per heavy atom. The van der Waals surface area contributed by atoms with Gasteiger partial charge in [0.05, 0.1) is 6.42 Å². The number of ether oxygens (including phenoxy) is 1. The summed E-state index contributed by atoms with van der Waals surface area (Å²) in [7, 11) is 1.62. The first-order valence-corrected chi connectivity index (χ1v) is 6.66. The molecule has 1 unspecified atom stereocenters. The van der Waals surface area contributed by atoms with Crippen molar-refractivity contribution in [2.75, 3.05) is 19.6 Å². The molecule has 0 heterocycles. The van der Waals surface area contributed by atoms with Gasteiger partial charge >= 0.3 is 0 Å². The third-order valence-electron chi connectivity index (χ3n) is 2.53. The highest BCUT2D eigenvalue weighted by molar-refractivity contribution is 6.31. The van der Waals surface area contributed by atoms with Gasteiger partial charge in [0, 0.05) is 30.7 Å². The SMILES string of the molecule is COCCC(CCl)NC(=O)Cc1ccccc1Cl. The molecule has 1 rings (SSSR count). The summed E-state index contributed by atoms with van der Waals surface area (Å²) in [5, 5.41) is 3.47. The molecule has 0 saturated heterocycles. The molecule has 0 aliphatic carbocycles. The minimum Gasteiger partial charge on any atom is -0.385 e. The van der Waals surface area contributed by atoms with Crippen LogP contribution in [0.1, 0.15) is 12.0 Å². The topological polar surface area (TPSA) is 38.3 Å². The molecular weight excluding hydrogens is 273 g/mol. The highest BCUT2D eigenvalue weighted by Crippen LogP contribution is 2.15. The lowest BCUT2D eigenvalue weighted by atomic mass is 10.1. The van der Waals surface area contributed by atoms with Crippen molar-refractivity contribution >= 4 is 29.1 Å². The molecule has 1 atom stereocenters. The molecule has 18 heavy (non-hydrogen) atoms. The van der Waals surface area contributed by atoms with Gasteiger partial charge in [-0.15, -0.1) is 11.6 Å². The van der Waals surface area contributed by atoms with E-state index < -0.39 is 0 Å². The molecule has 0 aliphatic heterocycles. The Morgan fingerprint density at radius 2 is 2.17 bits per heavy atom. The monoisotopic (exact) mass is 289 g/mol. The smallest absolute Gasteiger partial charge is 0.224 e. The predicted octanol–water partition coefficient (Wildman–Crippen LogP) is 2.64. The molecule has 1 amide bonds. The van der Waals surface area contributed by atoms with Crippen LogP contribution in [0.5, 0.6) is 0 Å². The van der Waals surface area contributed by atoms with Gasteiger partial charge in [0.1, 0.15) is 0 Å². The van der Waals surface area contributed by atoms with E-state index in [9.17, 15) is 4.79 Å². The van der Waals surface area contributed by atoms with Gasteiger partial charge in [-0.3, -0.25) is 4.79 Å². The van der Waals surface area contributed by atoms with Crippen molar-refractivity contribution in [3.05, 3.63) is 34.9 Å². The molecule has 0 saturated carbocycles. The Kier molecular flexibility index (Phi) is 7.09. The Bertz CT molecular complexity index is 385. The summed E-state index contributed by atoms with van der Waals surface area (Å²) in [5.74, 6) is 0.294. The van der Waals surface area contributed by atoms with Crippen LogP contribution in [0.2, 0.25) is 5.02 Å². The van der Waals surface area contributed by atoms with Crippen molar-refractivity contribution < 1.29 is 9.53 Å². The third-order valence-corrected chi connectivity index (χ3v) is 3.27. The maximum Gasteiger partial charge on any atom is 0.224 e. The quantitative estimate of drug-likeness (QED) is 0.784. The first-order valence-electron chi connectivity index (χ1n) is 5.75. The molecule has 0 radical (unpaired) electrons. The second kappa shape index (κ2) is 8.35. The molecule has 1 aromatic rings. The van der Waals surface area contributed by atoms with E-state index in [2.05, 4.69) is 5.32 Å². The zero-order valence-electron chi connectivity index (χ0n) is 10.3. The number of benzene rings is 1. The van der Waals surface area contributed by atoms with Crippen LogP contribution < -0.4 is 5.32 Å². The van der Waals surface area contributed by atoms with Gasteiger partial charge in [-0.05, 0) is 18.1 Å². The highest BCUT2D eigenvalue weighted by Gasteiger charge is 2.12. The van der Waals surface area contributed by atoms with Gasteiger partial charge in [-0.25, -0.2) is 0 Å². The summed E-state index contributed by atoms with van der Waals surface area (Å²) >= 11 is 11.8. The van der Waals surface area contributed by atoms with Crippen LogP contribution in [0.25, 0.3) is 0 Å². The average Bonchev–Trinajstić information content (AvgIpc) is 2.37. The van der Waals surface area contributed by atoms with Crippen molar-refractivity contribution in [3.8, 4) is 0 Å². The number of alkyl halides is 1. The summed E-state index contributed by atoms with van der Waals surface area (Å²) in [6, 6.07) is 7.24. The Morgan fingerprint density at radius 3 is 2.78 bits per heavy atom. The van der Waals surface area contributed by atoms with E-state index in [0.717, 1.165) is 5.56 Å². The van der Waals surface area contributed by atoms with Crippen LogP contribution in [-0.2, 0) is 16.0 Å². The molecular formula is C13H17Cl2NO2. The van der Waals surface area contributed by atoms with Gasteiger partial charge in [0.15, 0.2) is 0 Å². The fourth-order valence-electron chi connectivity index (χ4n) is 1.54. The summed E-state index contributed by atoms with van der Waals surface area (Å²) in [4.78, 5) is 11.8. The van der Waals surface area contributed by atoms with Crippen LogP contribution in [0.15, 0.2) is 24.3 Å². The maximum atomic E-state index is 11.8. The number of rotatable bonds is 7. The van der Waals surface area contributed by atoms with Crippen LogP contribution >= 0.6 is 23.2 Å². The maximum absolute atomic E-state index is 11.8. The highest BCUT2D eigenvalue weighted by atomic mass is 35.5. The Balaban J connectivity index is 2.48. The summed E-state index contributed by atoms with van der Waals surface area (Å²) in [5.41, 5.74) is 0.816. The van der Waals surface area contributed by atoms with Crippen molar-refractivity contribution in [1.82, 2.24) is 5.32 Å². The van der Waals surface area contributed by atoms with Crippen molar-refractivity contribution in [2.24, 2.45) is 0 Å². The van der Waals surface area contributed by atoms with E-state index >= 15 is 0 Å². The molecule has 5 heteroatoms. The van der Waals surface area contributed by atoms with Gasteiger partial charge in [-0.2, -0.15) is 0 Å². The summed E-state index contributed by atoms with van der Waals surface area (Å²) in [6.07, 6.45) is 0.967. The number of hydrogen-bond donors (Lipinski definition) is 1. The average molecular weight is 290 g/mol. The molecule has 0 bridgehead atoms. The van der Waals surface area contributed by atoms with Crippen molar-refractivity contribution in [1.29, 1.82) is 0 Å². The zero-order chi connectivity index (χ0) is 13.4. The fraction of sp³-hybridized carbons (Fsp3) is 0.462. The largest absolute Gasteiger partial charge is 0.385 e. The number of nitrogens with one attached hydrogen (secondary N) is 1. The predicted molar refractivity (Wildman–Crippen MR) is 74.3 cm³/mol. The first kappa shape index (κ1) is 15.3. The summed E-state index contributed by atoms with van der Waals surface area (Å²) < 4.78 is 4.96. The van der Waals surface area contributed by atoms with Gasteiger partial charge in [0.2, 0.25) is 5.91 Å². The first-order chi connectivity index (χ1) is 8.67. The molecule has 3 nitrogen and oxygen atoms in total. The van der Waals surface area contributed by atoms with E-state index in [0.29, 0.717) is 23.9 Å². The minimum atomic E-state index is -0.0788. The molecule has 0 fully saturated rings. The Hall–Kier alpha value is -0.770. The second-order valence-corrected chi connectivity index (χ2v) is 4.68. The van der Waals surface area contributed by atoms with Crippen molar-refractivity contribution in [3.63, 3.8) is 0 Å². The third kappa shape index (κ3) is 5.25. The van der Waals surface area contributed by atoms with E-state index in [1.54, 1.807) is 13.2 Å². The van der Waals surface area contributed by atoms with Crippen LogP contribution in [0.3, 0.4) is 0 Å². The van der Waals surface area contributed by atoms with Gasteiger partial charge in [0.25, 0.3) is 0 Å². The lowest BCUT2D eigenvalue weighted by Crippen LogP contribution is -2.37. The number of halogens is 2. The second-order valence-electron chi connectivity index (χ2n) is 3.97. The van der Waals surface area contributed by atoms with Crippen LogP contribution in [0, 0.1) is 0 Å². The van der Waals surface area contributed by atoms with E-state index in [1.165, 1.54) is 0 Å². The minimum absolute atomic E-state index is 0.0680. The van der Waals surface area contributed by atoms with Crippen molar-refractivity contribution in [2.45, 2.75) is 18.9 Å². The molecule has 1 N–H and O–H groups in total. The number of carbonyl (C=O) groups is 1. The van der Waals surface area contributed by atoms with Crippen LogP contribution in [0.4, 0.5) is 0 Å². The Labute approximate surface area is 117 Å².